The minimum absolute atomic E-state index is 0.348. The van der Waals surface area contributed by atoms with Crippen molar-refractivity contribution in [3.63, 3.8) is 0 Å². The van der Waals surface area contributed by atoms with Crippen LogP contribution >= 0.6 is 0 Å². The first kappa shape index (κ1) is 12.9. The molecule has 2 fully saturated rings. The standard InChI is InChI=1S/C16H22O3/c17-16(9-8-13-5-2-10-18-13)12-3-1-4-15(11-12)19-14-6-7-14/h1,3-4,11,13-14,16-17H,2,5-10H2. The highest BCUT2D eigenvalue weighted by atomic mass is 16.5. The molecule has 3 heteroatoms. The van der Waals surface area contributed by atoms with Crippen molar-refractivity contribution in [1.82, 2.24) is 0 Å². The van der Waals surface area contributed by atoms with E-state index in [9.17, 15) is 5.11 Å². The van der Waals surface area contributed by atoms with Crippen LogP contribution in [0.15, 0.2) is 24.3 Å². The second-order valence-corrected chi connectivity index (χ2v) is 5.62. The summed E-state index contributed by atoms with van der Waals surface area (Å²) in [5.41, 5.74) is 0.955. The lowest BCUT2D eigenvalue weighted by Crippen LogP contribution is -2.08. The molecule has 0 amide bonds. The van der Waals surface area contributed by atoms with E-state index in [2.05, 4.69) is 0 Å². The Labute approximate surface area is 114 Å². The topological polar surface area (TPSA) is 38.7 Å². The summed E-state index contributed by atoms with van der Waals surface area (Å²) in [6, 6.07) is 7.87. The van der Waals surface area contributed by atoms with Gasteiger partial charge in [-0.25, -0.2) is 0 Å². The smallest absolute Gasteiger partial charge is 0.120 e. The molecule has 0 aromatic heterocycles. The van der Waals surface area contributed by atoms with Crippen molar-refractivity contribution in [3.8, 4) is 5.75 Å². The molecule has 2 atom stereocenters. The molecule has 1 saturated heterocycles. The molecular formula is C16H22O3. The van der Waals surface area contributed by atoms with E-state index in [-0.39, 0.29) is 0 Å². The number of aliphatic hydroxyl groups excluding tert-OH is 1. The summed E-state index contributed by atoms with van der Waals surface area (Å²) in [7, 11) is 0. The van der Waals surface area contributed by atoms with E-state index >= 15 is 0 Å². The molecule has 0 bridgehead atoms. The van der Waals surface area contributed by atoms with Crippen molar-refractivity contribution in [1.29, 1.82) is 0 Å². The van der Waals surface area contributed by atoms with Crippen molar-refractivity contribution in [2.45, 2.75) is 56.8 Å². The van der Waals surface area contributed by atoms with Gasteiger partial charge in [0, 0.05) is 6.61 Å². The molecule has 1 N–H and O–H groups in total. The zero-order valence-corrected chi connectivity index (χ0v) is 11.3. The number of ether oxygens (including phenoxy) is 2. The Morgan fingerprint density at radius 3 is 2.95 bits per heavy atom. The molecule has 3 rings (SSSR count). The van der Waals surface area contributed by atoms with Crippen LogP contribution in [-0.2, 0) is 4.74 Å². The van der Waals surface area contributed by atoms with Gasteiger partial charge in [-0.2, -0.15) is 0 Å². The molecule has 0 radical (unpaired) electrons. The number of rotatable bonds is 6. The van der Waals surface area contributed by atoms with Crippen molar-refractivity contribution in [3.05, 3.63) is 29.8 Å². The predicted octanol–water partition coefficient (Wildman–Crippen LogP) is 3.22. The average Bonchev–Trinajstić information content (AvgIpc) is 3.08. The maximum Gasteiger partial charge on any atom is 0.120 e. The van der Waals surface area contributed by atoms with Gasteiger partial charge in [0.1, 0.15) is 5.75 Å². The van der Waals surface area contributed by atoms with E-state index in [1.165, 1.54) is 0 Å². The van der Waals surface area contributed by atoms with Gasteiger partial charge in [0.2, 0.25) is 0 Å². The van der Waals surface area contributed by atoms with Crippen molar-refractivity contribution >= 4 is 0 Å². The van der Waals surface area contributed by atoms with Gasteiger partial charge in [0.05, 0.1) is 18.3 Å². The van der Waals surface area contributed by atoms with Crippen molar-refractivity contribution in [2.75, 3.05) is 6.61 Å². The zero-order valence-electron chi connectivity index (χ0n) is 11.3. The Hall–Kier alpha value is -1.06. The first-order valence-corrected chi connectivity index (χ1v) is 7.37. The number of benzene rings is 1. The highest BCUT2D eigenvalue weighted by molar-refractivity contribution is 5.30. The second kappa shape index (κ2) is 5.93. The summed E-state index contributed by atoms with van der Waals surface area (Å²) < 4.78 is 11.3. The second-order valence-electron chi connectivity index (χ2n) is 5.62. The molecule has 0 spiro atoms. The van der Waals surface area contributed by atoms with E-state index in [0.29, 0.717) is 12.2 Å². The zero-order chi connectivity index (χ0) is 13.1. The van der Waals surface area contributed by atoms with Crippen LogP contribution in [0.1, 0.15) is 50.2 Å². The molecular weight excluding hydrogens is 240 g/mol. The maximum absolute atomic E-state index is 10.2. The van der Waals surface area contributed by atoms with Crippen LogP contribution in [0, 0.1) is 0 Å². The van der Waals surface area contributed by atoms with Crippen LogP contribution in [-0.4, -0.2) is 23.9 Å². The molecule has 1 aromatic carbocycles. The summed E-state index contributed by atoms with van der Waals surface area (Å²) >= 11 is 0. The van der Waals surface area contributed by atoms with E-state index in [4.69, 9.17) is 9.47 Å². The van der Waals surface area contributed by atoms with Gasteiger partial charge in [-0.3, -0.25) is 0 Å². The van der Waals surface area contributed by atoms with Gasteiger partial charge < -0.3 is 14.6 Å². The molecule has 1 aromatic rings. The summed E-state index contributed by atoms with van der Waals surface area (Å²) in [6.07, 6.45) is 6.65. The van der Waals surface area contributed by atoms with Gasteiger partial charge in [-0.1, -0.05) is 12.1 Å². The molecule has 104 valence electrons. The molecule has 3 nitrogen and oxygen atoms in total. The minimum Gasteiger partial charge on any atom is -0.490 e. The Kier molecular flexibility index (Phi) is 4.04. The van der Waals surface area contributed by atoms with Crippen molar-refractivity contribution in [2.24, 2.45) is 0 Å². The molecule has 2 aliphatic rings. The van der Waals surface area contributed by atoms with E-state index in [1.807, 2.05) is 24.3 Å². The van der Waals surface area contributed by atoms with E-state index in [0.717, 1.165) is 56.4 Å². The predicted molar refractivity (Wildman–Crippen MR) is 73.3 cm³/mol. The fraction of sp³-hybridized carbons (Fsp3) is 0.625. The Bertz CT molecular complexity index is 408. The van der Waals surface area contributed by atoms with Gasteiger partial charge in [0.25, 0.3) is 0 Å². The summed E-state index contributed by atoms with van der Waals surface area (Å²) in [6.45, 7) is 0.880. The van der Waals surface area contributed by atoms with Gasteiger partial charge >= 0.3 is 0 Å². The minimum atomic E-state index is -0.410. The van der Waals surface area contributed by atoms with Crippen LogP contribution in [0.4, 0.5) is 0 Å². The van der Waals surface area contributed by atoms with E-state index in [1.54, 1.807) is 0 Å². The number of hydrogen-bond donors (Lipinski definition) is 1. The average molecular weight is 262 g/mol. The maximum atomic E-state index is 10.2. The van der Waals surface area contributed by atoms with Crippen molar-refractivity contribution < 1.29 is 14.6 Å². The first-order chi connectivity index (χ1) is 9.31. The number of hydrogen-bond acceptors (Lipinski definition) is 3. The lowest BCUT2D eigenvalue weighted by Gasteiger charge is -2.15. The highest BCUT2D eigenvalue weighted by Crippen LogP contribution is 2.30. The normalized spacial score (nSPS) is 24.4. The van der Waals surface area contributed by atoms with Gasteiger partial charge in [0.15, 0.2) is 0 Å². The summed E-state index contributed by atoms with van der Waals surface area (Å²) in [4.78, 5) is 0. The fourth-order valence-electron chi connectivity index (χ4n) is 2.56. The molecule has 19 heavy (non-hydrogen) atoms. The Balaban J connectivity index is 1.53. The molecule has 1 aliphatic carbocycles. The third-order valence-electron chi connectivity index (χ3n) is 3.86. The third kappa shape index (κ3) is 3.71. The Morgan fingerprint density at radius 2 is 2.21 bits per heavy atom. The van der Waals surface area contributed by atoms with Crippen LogP contribution in [0.5, 0.6) is 5.75 Å². The Morgan fingerprint density at radius 1 is 1.32 bits per heavy atom. The monoisotopic (exact) mass is 262 g/mol. The molecule has 2 unspecified atom stereocenters. The SMILES string of the molecule is OC(CCC1CCCO1)c1cccc(OC2CC2)c1. The van der Waals surface area contributed by atoms with Crippen LogP contribution < -0.4 is 4.74 Å². The van der Waals surface area contributed by atoms with Gasteiger partial charge in [-0.15, -0.1) is 0 Å². The lowest BCUT2D eigenvalue weighted by molar-refractivity contribution is 0.0811. The molecule has 1 aliphatic heterocycles. The highest BCUT2D eigenvalue weighted by Gasteiger charge is 2.24. The molecule has 1 heterocycles. The third-order valence-corrected chi connectivity index (χ3v) is 3.86. The number of aliphatic hydroxyl groups is 1. The van der Waals surface area contributed by atoms with Gasteiger partial charge in [-0.05, 0) is 56.2 Å². The van der Waals surface area contributed by atoms with Crippen LogP contribution in [0.3, 0.4) is 0 Å². The van der Waals surface area contributed by atoms with E-state index < -0.39 is 6.10 Å². The summed E-state index contributed by atoms with van der Waals surface area (Å²) in [5.74, 6) is 0.885. The van der Waals surface area contributed by atoms with Crippen LogP contribution in [0.25, 0.3) is 0 Å². The fourth-order valence-corrected chi connectivity index (χ4v) is 2.56. The summed E-state index contributed by atoms with van der Waals surface area (Å²) in [5, 5.41) is 10.2. The largest absolute Gasteiger partial charge is 0.490 e. The molecule has 1 saturated carbocycles. The van der Waals surface area contributed by atoms with Crippen LogP contribution in [0.2, 0.25) is 0 Å². The first-order valence-electron chi connectivity index (χ1n) is 7.37. The lowest BCUT2D eigenvalue weighted by atomic mass is 10.0. The quantitative estimate of drug-likeness (QED) is 0.855.